The van der Waals surface area contributed by atoms with E-state index < -0.39 is 11.6 Å². The van der Waals surface area contributed by atoms with Gasteiger partial charge >= 0.3 is 0 Å². The summed E-state index contributed by atoms with van der Waals surface area (Å²) in [5.41, 5.74) is 0.262. The molecule has 1 aromatic rings. The van der Waals surface area contributed by atoms with Crippen molar-refractivity contribution in [2.45, 2.75) is 50.7 Å². The zero-order chi connectivity index (χ0) is 15.5. The Morgan fingerprint density at radius 2 is 2.19 bits per heavy atom. The van der Waals surface area contributed by atoms with E-state index in [1.54, 1.807) is 7.11 Å². The van der Waals surface area contributed by atoms with E-state index in [9.17, 15) is 8.78 Å². The fourth-order valence-corrected chi connectivity index (χ4v) is 3.65. The van der Waals surface area contributed by atoms with Gasteiger partial charge in [-0.15, -0.1) is 0 Å². The summed E-state index contributed by atoms with van der Waals surface area (Å²) in [6.07, 6.45) is 4.79. The normalized spacial score (nSPS) is 27.6. The van der Waals surface area contributed by atoms with Crippen LogP contribution in [0.2, 0.25) is 0 Å². The third-order valence-electron chi connectivity index (χ3n) is 4.82. The second-order valence-corrected chi connectivity index (χ2v) is 6.25. The van der Waals surface area contributed by atoms with Crippen molar-refractivity contribution in [1.82, 2.24) is 5.32 Å². The van der Waals surface area contributed by atoms with Gasteiger partial charge in [-0.25, -0.2) is 8.78 Å². The van der Waals surface area contributed by atoms with E-state index in [1.165, 1.54) is 18.6 Å². The molecule has 0 radical (unpaired) electrons. The minimum absolute atomic E-state index is 0.0187. The van der Waals surface area contributed by atoms with Crippen LogP contribution in [0.3, 0.4) is 0 Å². The number of methoxy groups -OCH3 is 1. The van der Waals surface area contributed by atoms with E-state index in [1.807, 2.05) is 7.05 Å². The molecule has 2 rings (SSSR count). The molecule has 21 heavy (non-hydrogen) atoms. The van der Waals surface area contributed by atoms with Crippen LogP contribution in [0, 0.1) is 17.6 Å². The molecular formula is C17H25F2NO. The molecule has 0 saturated heterocycles. The molecule has 2 nitrogen and oxygen atoms in total. The molecular weight excluding hydrogens is 272 g/mol. The Bertz CT molecular complexity index is 480. The first-order valence-electron chi connectivity index (χ1n) is 7.67. The second-order valence-electron chi connectivity index (χ2n) is 6.25. The van der Waals surface area contributed by atoms with Crippen LogP contribution in [-0.2, 0) is 11.2 Å². The Kier molecular flexibility index (Phi) is 5.33. The highest BCUT2D eigenvalue weighted by atomic mass is 19.1. The van der Waals surface area contributed by atoms with E-state index >= 15 is 0 Å². The molecule has 1 saturated carbocycles. The van der Waals surface area contributed by atoms with Crippen LogP contribution in [-0.4, -0.2) is 25.8 Å². The zero-order valence-corrected chi connectivity index (χ0v) is 13.1. The maximum absolute atomic E-state index is 13.9. The van der Waals surface area contributed by atoms with Gasteiger partial charge in [0.15, 0.2) is 0 Å². The molecule has 1 N–H and O–H groups in total. The summed E-state index contributed by atoms with van der Waals surface area (Å²) in [4.78, 5) is 0. The topological polar surface area (TPSA) is 21.3 Å². The van der Waals surface area contributed by atoms with Crippen LogP contribution in [0.1, 0.15) is 38.2 Å². The third kappa shape index (κ3) is 3.61. The first-order chi connectivity index (χ1) is 10.0. The lowest BCUT2D eigenvalue weighted by atomic mass is 9.73. The van der Waals surface area contributed by atoms with Crippen molar-refractivity contribution in [3.8, 4) is 0 Å². The molecule has 0 bridgehead atoms. The van der Waals surface area contributed by atoms with E-state index in [4.69, 9.17) is 4.74 Å². The van der Waals surface area contributed by atoms with Crippen LogP contribution in [0.4, 0.5) is 8.78 Å². The zero-order valence-electron chi connectivity index (χ0n) is 13.1. The lowest BCUT2D eigenvalue weighted by molar-refractivity contribution is -0.0776. The van der Waals surface area contributed by atoms with Gasteiger partial charge in [0, 0.05) is 19.2 Å². The van der Waals surface area contributed by atoms with Crippen molar-refractivity contribution in [3.63, 3.8) is 0 Å². The minimum Gasteiger partial charge on any atom is -0.377 e. The smallest absolute Gasteiger partial charge is 0.129 e. The van der Waals surface area contributed by atoms with Crippen LogP contribution in [0.15, 0.2) is 18.2 Å². The average molecular weight is 297 g/mol. The first kappa shape index (κ1) is 16.4. The number of benzene rings is 1. The van der Waals surface area contributed by atoms with E-state index in [2.05, 4.69) is 12.2 Å². The molecule has 0 aromatic heterocycles. The standard InChI is InChI=1S/C17H25F2NO/c1-12-5-4-8-17(11-12,21-3)16(20-2)9-13-6-7-14(18)10-15(13)19/h6-7,10,12,16,20H,4-5,8-9,11H2,1-3H3. The van der Waals surface area contributed by atoms with E-state index in [0.29, 0.717) is 17.9 Å². The Labute approximate surface area is 125 Å². The summed E-state index contributed by atoms with van der Waals surface area (Å²) >= 11 is 0. The van der Waals surface area contributed by atoms with Gasteiger partial charge in [0.1, 0.15) is 11.6 Å². The van der Waals surface area contributed by atoms with Crippen molar-refractivity contribution < 1.29 is 13.5 Å². The summed E-state index contributed by atoms with van der Waals surface area (Å²) < 4.78 is 32.8. The number of likely N-dealkylation sites (N-methyl/N-ethyl adjacent to an activating group) is 1. The van der Waals surface area contributed by atoms with Crippen LogP contribution >= 0.6 is 0 Å². The highest BCUT2D eigenvalue weighted by Crippen LogP contribution is 2.38. The van der Waals surface area contributed by atoms with E-state index in [-0.39, 0.29) is 11.6 Å². The van der Waals surface area contributed by atoms with Crippen molar-refractivity contribution in [2.75, 3.05) is 14.2 Å². The van der Waals surface area contributed by atoms with Crippen molar-refractivity contribution in [3.05, 3.63) is 35.4 Å². The van der Waals surface area contributed by atoms with Crippen molar-refractivity contribution >= 4 is 0 Å². The summed E-state index contributed by atoms with van der Waals surface area (Å²) in [6, 6.07) is 3.81. The summed E-state index contributed by atoms with van der Waals surface area (Å²) in [5.74, 6) is -0.414. The van der Waals surface area contributed by atoms with Crippen molar-refractivity contribution in [2.24, 2.45) is 5.92 Å². The highest BCUT2D eigenvalue weighted by molar-refractivity contribution is 5.21. The summed E-state index contributed by atoms with van der Waals surface area (Å²) in [6.45, 7) is 2.23. The molecule has 3 unspecified atom stereocenters. The Morgan fingerprint density at radius 3 is 2.76 bits per heavy atom. The first-order valence-corrected chi connectivity index (χ1v) is 7.67. The monoisotopic (exact) mass is 297 g/mol. The molecule has 4 heteroatoms. The minimum atomic E-state index is -0.537. The fourth-order valence-electron chi connectivity index (χ4n) is 3.65. The molecule has 0 spiro atoms. The number of halogens is 2. The van der Waals surface area contributed by atoms with Crippen LogP contribution in [0.25, 0.3) is 0 Å². The lowest BCUT2D eigenvalue weighted by Gasteiger charge is -2.44. The van der Waals surface area contributed by atoms with Crippen LogP contribution < -0.4 is 5.32 Å². The van der Waals surface area contributed by atoms with Gasteiger partial charge < -0.3 is 10.1 Å². The summed E-state index contributed by atoms with van der Waals surface area (Å²) in [5, 5.41) is 3.29. The largest absolute Gasteiger partial charge is 0.377 e. The van der Waals surface area contributed by atoms with Crippen LogP contribution in [0.5, 0.6) is 0 Å². The molecule has 0 heterocycles. The molecule has 3 atom stereocenters. The number of rotatable bonds is 5. The van der Waals surface area contributed by atoms with Gasteiger partial charge in [-0.1, -0.05) is 25.8 Å². The predicted octanol–water partition coefficient (Wildman–Crippen LogP) is 3.69. The van der Waals surface area contributed by atoms with Gasteiger partial charge in [-0.3, -0.25) is 0 Å². The van der Waals surface area contributed by atoms with E-state index in [0.717, 1.165) is 25.3 Å². The maximum atomic E-state index is 13.9. The Hall–Kier alpha value is -1.00. The molecule has 1 aliphatic rings. The quantitative estimate of drug-likeness (QED) is 0.895. The van der Waals surface area contributed by atoms with Gasteiger partial charge in [-0.2, -0.15) is 0 Å². The third-order valence-corrected chi connectivity index (χ3v) is 4.82. The highest BCUT2D eigenvalue weighted by Gasteiger charge is 2.41. The molecule has 0 amide bonds. The number of hydrogen-bond donors (Lipinski definition) is 1. The lowest BCUT2D eigenvalue weighted by Crippen LogP contribution is -2.54. The Morgan fingerprint density at radius 1 is 1.43 bits per heavy atom. The molecule has 0 aliphatic heterocycles. The SMILES string of the molecule is CNC(Cc1ccc(F)cc1F)C1(OC)CCCC(C)C1. The van der Waals surface area contributed by atoms with Gasteiger partial charge in [0.25, 0.3) is 0 Å². The average Bonchev–Trinajstić information content (AvgIpc) is 2.46. The molecule has 1 aromatic carbocycles. The molecule has 1 aliphatic carbocycles. The molecule has 118 valence electrons. The summed E-state index contributed by atoms with van der Waals surface area (Å²) in [7, 11) is 3.62. The van der Waals surface area contributed by atoms with Gasteiger partial charge in [0.2, 0.25) is 0 Å². The second kappa shape index (κ2) is 6.84. The Balaban J connectivity index is 2.21. The molecule has 1 fully saturated rings. The maximum Gasteiger partial charge on any atom is 0.129 e. The number of nitrogens with one attached hydrogen (secondary N) is 1. The fraction of sp³-hybridized carbons (Fsp3) is 0.647. The predicted molar refractivity (Wildman–Crippen MR) is 80.3 cm³/mol. The number of ether oxygens (including phenoxy) is 1. The van der Waals surface area contributed by atoms with Crippen molar-refractivity contribution in [1.29, 1.82) is 0 Å². The van der Waals surface area contributed by atoms with Gasteiger partial charge in [0.05, 0.1) is 5.60 Å². The number of hydrogen-bond acceptors (Lipinski definition) is 2. The van der Waals surface area contributed by atoms with Gasteiger partial charge in [-0.05, 0) is 43.9 Å².